The normalized spacial score (nSPS) is 19.1. The Morgan fingerprint density at radius 1 is 1.24 bits per heavy atom. The van der Waals surface area contributed by atoms with Crippen LogP contribution in [-0.2, 0) is 16.2 Å². The molecule has 0 amide bonds. The quantitative estimate of drug-likeness (QED) is 0.823. The Labute approximate surface area is 142 Å². The summed E-state index contributed by atoms with van der Waals surface area (Å²) < 4.78 is 70.2. The van der Waals surface area contributed by atoms with Crippen LogP contribution in [0.15, 0.2) is 47.8 Å². The van der Waals surface area contributed by atoms with Gasteiger partial charge in [-0.05, 0) is 24.6 Å². The molecule has 0 aliphatic carbocycles. The second-order valence-electron chi connectivity index (χ2n) is 5.46. The number of benzene rings is 1. The number of hydrogen-bond donors (Lipinski definition) is 0. The molecule has 0 spiro atoms. The molecule has 0 N–H and O–H groups in total. The number of sulfonamides is 1. The number of alkyl halides is 3. The molecule has 6 nitrogen and oxygen atoms in total. The fraction of sp³-hybridized carbons (Fsp3) is 0.333. The molecule has 134 valence electrons. The zero-order valence-electron chi connectivity index (χ0n) is 12.8. The molecule has 1 unspecified atom stereocenters. The van der Waals surface area contributed by atoms with Gasteiger partial charge in [0.15, 0.2) is 0 Å². The van der Waals surface area contributed by atoms with Gasteiger partial charge in [-0.2, -0.15) is 17.5 Å². The van der Waals surface area contributed by atoms with Crippen molar-refractivity contribution in [2.45, 2.75) is 23.6 Å². The summed E-state index contributed by atoms with van der Waals surface area (Å²) in [4.78, 5) is 7.41. The van der Waals surface area contributed by atoms with Crippen LogP contribution in [0.2, 0.25) is 0 Å². The molecule has 25 heavy (non-hydrogen) atoms. The first-order valence-electron chi connectivity index (χ1n) is 7.37. The minimum atomic E-state index is -4.60. The van der Waals surface area contributed by atoms with E-state index in [0.29, 0.717) is 12.5 Å². The minimum Gasteiger partial charge on any atom is -0.472 e. The fourth-order valence-electron chi connectivity index (χ4n) is 2.51. The number of rotatable bonds is 4. The molecule has 1 aliphatic rings. The van der Waals surface area contributed by atoms with E-state index in [4.69, 9.17) is 4.74 Å². The second-order valence-corrected chi connectivity index (χ2v) is 7.40. The minimum absolute atomic E-state index is 0.0369. The lowest BCUT2D eigenvalue weighted by atomic mass is 10.2. The van der Waals surface area contributed by atoms with Gasteiger partial charge in [-0.3, -0.25) is 4.98 Å². The predicted octanol–water partition coefficient (Wildman–Crippen LogP) is 2.34. The molecule has 2 aromatic rings. The number of hydrogen-bond acceptors (Lipinski definition) is 5. The smallest absolute Gasteiger partial charge is 0.416 e. The molecule has 3 rings (SSSR count). The van der Waals surface area contributed by atoms with Gasteiger partial charge in [0.05, 0.1) is 23.2 Å². The van der Waals surface area contributed by atoms with Crippen molar-refractivity contribution in [3.63, 3.8) is 0 Å². The molecular formula is C15H14F3N3O3S. The van der Waals surface area contributed by atoms with Gasteiger partial charge in [-0.15, -0.1) is 0 Å². The molecule has 1 fully saturated rings. The van der Waals surface area contributed by atoms with Crippen molar-refractivity contribution in [1.82, 2.24) is 14.3 Å². The molecular weight excluding hydrogens is 359 g/mol. The van der Waals surface area contributed by atoms with E-state index in [1.807, 2.05) is 0 Å². The summed E-state index contributed by atoms with van der Waals surface area (Å²) in [5.74, 6) is 0.269. The highest BCUT2D eigenvalue weighted by Crippen LogP contribution is 2.32. The van der Waals surface area contributed by atoms with Gasteiger partial charge >= 0.3 is 6.18 Å². The van der Waals surface area contributed by atoms with E-state index < -0.39 is 27.9 Å². The van der Waals surface area contributed by atoms with Crippen molar-refractivity contribution in [2.75, 3.05) is 13.1 Å². The number of nitrogens with zero attached hydrogens (tertiary/aromatic N) is 3. The van der Waals surface area contributed by atoms with Gasteiger partial charge in [-0.1, -0.05) is 6.07 Å². The standard InChI is InChI=1S/C15H14F3N3O3S/c16-15(17,18)11-2-1-3-13(8-11)25(22,23)21-7-4-12(10-21)24-14-9-19-5-6-20-14/h1-3,5-6,8-9,12H,4,7,10H2. The Bertz CT molecular complexity index is 844. The monoisotopic (exact) mass is 373 g/mol. The van der Waals surface area contributed by atoms with Crippen LogP contribution < -0.4 is 4.74 Å². The maximum Gasteiger partial charge on any atom is 0.416 e. The van der Waals surface area contributed by atoms with Gasteiger partial charge in [0.1, 0.15) is 6.10 Å². The van der Waals surface area contributed by atoms with Crippen molar-refractivity contribution in [2.24, 2.45) is 0 Å². The second kappa shape index (κ2) is 6.60. The van der Waals surface area contributed by atoms with Crippen LogP contribution in [0.4, 0.5) is 13.2 Å². The van der Waals surface area contributed by atoms with Crippen molar-refractivity contribution >= 4 is 10.0 Å². The average Bonchev–Trinajstić information content (AvgIpc) is 3.04. The number of aromatic nitrogens is 2. The highest BCUT2D eigenvalue weighted by atomic mass is 32.2. The molecule has 0 radical (unpaired) electrons. The van der Waals surface area contributed by atoms with E-state index >= 15 is 0 Å². The van der Waals surface area contributed by atoms with Gasteiger partial charge in [0.2, 0.25) is 15.9 Å². The van der Waals surface area contributed by atoms with Crippen LogP contribution in [0.5, 0.6) is 5.88 Å². The Morgan fingerprint density at radius 3 is 2.72 bits per heavy atom. The van der Waals surface area contributed by atoms with Gasteiger partial charge in [0.25, 0.3) is 0 Å². The Morgan fingerprint density at radius 2 is 2.04 bits per heavy atom. The van der Waals surface area contributed by atoms with Crippen molar-refractivity contribution < 1.29 is 26.3 Å². The first-order valence-corrected chi connectivity index (χ1v) is 8.81. The molecule has 1 aromatic heterocycles. The van der Waals surface area contributed by atoms with Crippen LogP contribution >= 0.6 is 0 Å². The average molecular weight is 373 g/mol. The topological polar surface area (TPSA) is 72.4 Å². The molecule has 10 heteroatoms. The van der Waals surface area contributed by atoms with Crippen molar-refractivity contribution in [3.05, 3.63) is 48.4 Å². The third kappa shape index (κ3) is 3.90. The number of ether oxygens (including phenoxy) is 1. The zero-order valence-corrected chi connectivity index (χ0v) is 13.7. The first-order chi connectivity index (χ1) is 11.8. The molecule has 0 saturated carbocycles. The largest absolute Gasteiger partial charge is 0.472 e. The van der Waals surface area contributed by atoms with E-state index in [1.165, 1.54) is 18.6 Å². The first kappa shape index (κ1) is 17.6. The van der Waals surface area contributed by atoms with Crippen LogP contribution in [-0.4, -0.2) is 41.9 Å². The third-order valence-corrected chi connectivity index (χ3v) is 5.59. The Kier molecular flexibility index (Phi) is 4.65. The van der Waals surface area contributed by atoms with E-state index in [2.05, 4.69) is 9.97 Å². The van der Waals surface area contributed by atoms with Crippen LogP contribution in [0.25, 0.3) is 0 Å². The van der Waals surface area contributed by atoms with Crippen LogP contribution in [0.1, 0.15) is 12.0 Å². The van der Waals surface area contributed by atoms with Gasteiger partial charge in [0, 0.05) is 18.9 Å². The third-order valence-electron chi connectivity index (χ3n) is 3.73. The molecule has 1 aliphatic heterocycles. The molecule has 1 atom stereocenters. The fourth-order valence-corrected chi connectivity index (χ4v) is 4.04. The van der Waals surface area contributed by atoms with E-state index in [0.717, 1.165) is 22.5 Å². The Balaban J connectivity index is 1.75. The summed E-state index contributed by atoms with van der Waals surface area (Å²) in [7, 11) is -4.03. The van der Waals surface area contributed by atoms with Gasteiger partial charge in [-0.25, -0.2) is 13.4 Å². The lowest BCUT2D eigenvalue weighted by Crippen LogP contribution is -2.31. The summed E-state index contributed by atoms with van der Waals surface area (Å²) in [6.07, 6.45) is -0.294. The van der Waals surface area contributed by atoms with E-state index in [9.17, 15) is 21.6 Å². The molecule has 0 bridgehead atoms. The summed E-state index contributed by atoms with van der Waals surface area (Å²) in [6, 6.07) is 3.72. The summed E-state index contributed by atoms with van der Waals surface area (Å²) in [6.45, 7) is 0.193. The van der Waals surface area contributed by atoms with Crippen LogP contribution in [0.3, 0.4) is 0 Å². The highest BCUT2D eigenvalue weighted by molar-refractivity contribution is 7.89. The Hall–Kier alpha value is -2.20. The maximum atomic E-state index is 12.8. The highest BCUT2D eigenvalue weighted by Gasteiger charge is 2.36. The molecule has 1 saturated heterocycles. The summed E-state index contributed by atoms with van der Waals surface area (Å²) in [5, 5.41) is 0. The van der Waals surface area contributed by atoms with Crippen molar-refractivity contribution in [3.8, 4) is 5.88 Å². The number of halogens is 3. The van der Waals surface area contributed by atoms with Crippen LogP contribution in [0, 0.1) is 0 Å². The molecule has 2 heterocycles. The van der Waals surface area contributed by atoms with E-state index in [-0.39, 0.29) is 23.9 Å². The predicted molar refractivity (Wildman–Crippen MR) is 81.3 cm³/mol. The summed E-state index contributed by atoms with van der Waals surface area (Å²) >= 11 is 0. The van der Waals surface area contributed by atoms with E-state index in [1.54, 1.807) is 0 Å². The SMILES string of the molecule is O=S(=O)(c1cccc(C(F)(F)F)c1)N1CCC(Oc2cnccn2)C1. The lowest BCUT2D eigenvalue weighted by Gasteiger charge is -2.17. The van der Waals surface area contributed by atoms with Crippen molar-refractivity contribution in [1.29, 1.82) is 0 Å². The molecule has 1 aromatic carbocycles. The van der Waals surface area contributed by atoms with Gasteiger partial charge < -0.3 is 4.74 Å². The zero-order chi connectivity index (χ0) is 18.1. The maximum absolute atomic E-state index is 12.8. The summed E-state index contributed by atoms with van der Waals surface area (Å²) in [5.41, 5.74) is -1.000. The lowest BCUT2D eigenvalue weighted by molar-refractivity contribution is -0.137.